The molecule has 0 spiro atoms. The summed E-state index contributed by atoms with van der Waals surface area (Å²) in [5.74, 6) is -1.81. The van der Waals surface area contributed by atoms with E-state index in [9.17, 15) is 4.79 Å². The number of hydrogen-bond acceptors (Lipinski definition) is 11. The van der Waals surface area contributed by atoms with Crippen LogP contribution in [0.3, 0.4) is 0 Å². The summed E-state index contributed by atoms with van der Waals surface area (Å²) >= 11 is 0. The second kappa shape index (κ2) is 8.55. The minimum atomic E-state index is -1.24. The molecule has 3 aromatic heterocycles. The van der Waals surface area contributed by atoms with Crippen LogP contribution in [-0.4, -0.2) is 66.5 Å². The molecule has 0 aliphatic carbocycles. The molecule has 186 valence electrons. The van der Waals surface area contributed by atoms with Crippen molar-refractivity contribution in [3.63, 3.8) is 0 Å². The maximum Gasteiger partial charge on any atom is 0.374 e. The maximum atomic E-state index is 11.0. The van der Waals surface area contributed by atoms with Gasteiger partial charge in [0.25, 0.3) is 5.88 Å². The Balaban J connectivity index is 1.27. The van der Waals surface area contributed by atoms with Crippen molar-refractivity contribution < 1.29 is 33.4 Å². The van der Waals surface area contributed by atoms with Gasteiger partial charge in [0.05, 0.1) is 12.4 Å². The Bertz CT molecular complexity index is 1400. The Labute approximate surface area is 204 Å². The molecule has 2 fully saturated rings. The molecular formula is C23H22N6O7. The fourth-order valence-corrected chi connectivity index (χ4v) is 4.40. The van der Waals surface area contributed by atoms with Crippen LogP contribution in [0.25, 0.3) is 11.2 Å². The Morgan fingerprint density at radius 3 is 2.75 bits per heavy atom. The molecular weight excluding hydrogens is 472 g/mol. The third-order valence-corrected chi connectivity index (χ3v) is 5.89. The number of carboxylic acid groups (broad SMARTS) is 1. The van der Waals surface area contributed by atoms with Gasteiger partial charge in [0, 0.05) is 5.69 Å². The normalized spacial score (nSPS) is 24.6. The van der Waals surface area contributed by atoms with Crippen molar-refractivity contribution in [2.45, 2.75) is 44.2 Å². The third kappa shape index (κ3) is 4.02. The van der Waals surface area contributed by atoms with Crippen molar-refractivity contribution >= 4 is 28.6 Å². The molecule has 2 aliphatic rings. The van der Waals surface area contributed by atoms with Gasteiger partial charge in [0.1, 0.15) is 31.2 Å². The number of carbonyl (C=O) groups is 1. The lowest BCUT2D eigenvalue weighted by Gasteiger charge is -2.24. The van der Waals surface area contributed by atoms with Crippen LogP contribution in [0.1, 0.15) is 30.6 Å². The van der Waals surface area contributed by atoms with E-state index < -0.39 is 36.3 Å². The van der Waals surface area contributed by atoms with Gasteiger partial charge in [0.15, 0.2) is 29.0 Å². The number of hydrogen-bond donors (Lipinski definition) is 2. The number of nitrogens with zero attached hydrogens (tertiary/aromatic N) is 5. The van der Waals surface area contributed by atoms with Crippen molar-refractivity contribution in [1.82, 2.24) is 24.7 Å². The summed E-state index contributed by atoms with van der Waals surface area (Å²) in [5, 5.41) is 15.9. The molecule has 5 heterocycles. The molecule has 0 saturated carbocycles. The fraction of sp³-hybridized carbons (Fsp3) is 0.348. The standard InChI is InChI=1S/C23H22N6O7/c1-23(2)34-17-14(9-32-15-8-13(22(30)31)36-28-15)33-21(18(17)35-23)29-11-26-16-19(24-10-25-20(16)29)27-12-6-4-3-5-7-12/h3-8,10-11,14,17-18,21H,9H2,1-2H3,(H,30,31)(H,24,25,27). The number of para-hydroxylation sites is 1. The first-order valence-electron chi connectivity index (χ1n) is 11.2. The summed E-state index contributed by atoms with van der Waals surface area (Å²) in [7, 11) is 0. The first-order valence-corrected chi connectivity index (χ1v) is 11.2. The lowest BCUT2D eigenvalue weighted by Crippen LogP contribution is -2.34. The van der Waals surface area contributed by atoms with Gasteiger partial charge in [-0.2, -0.15) is 0 Å². The van der Waals surface area contributed by atoms with Crippen LogP contribution in [-0.2, 0) is 14.2 Å². The number of ether oxygens (including phenoxy) is 4. The van der Waals surface area contributed by atoms with Crippen LogP contribution in [0.5, 0.6) is 5.88 Å². The minimum Gasteiger partial charge on any atom is -0.475 e. The molecule has 1 aromatic carbocycles. The number of rotatable bonds is 7. The summed E-state index contributed by atoms with van der Waals surface area (Å²) in [4.78, 5) is 24.4. The van der Waals surface area contributed by atoms with Gasteiger partial charge in [-0.25, -0.2) is 19.7 Å². The molecule has 4 aromatic rings. The molecule has 0 amide bonds. The van der Waals surface area contributed by atoms with E-state index in [1.807, 2.05) is 44.2 Å². The summed E-state index contributed by atoms with van der Waals surface area (Å²) in [6.07, 6.45) is 0.996. The maximum absolute atomic E-state index is 11.0. The largest absolute Gasteiger partial charge is 0.475 e. The molecule has 2 aliphatic heterocycles. The number of aromatic carboxylic acids is 1. The van der Waals surface area contributed by atoms with Crippen molar-refractivity contribution in [2.24, 2.45) is 0 Å². The van der Waals surface area contributed by atoms with Crippen LogP contribution in [0, 0.1) is 0 Å². The van der Waals surface area contributed by atoms with E-state index in [0.717, 1.165) is 5.69 Å². The number of imidazole rings is 1. The monoisotopic (exact) mass is 494 g/mol. The van der Waals surface area contributed by atoms with Gasteiger partial charge in [0.2, 0.25) is 5.76 Å². The second-order valence-electron chi connectivity index (χ2n) is 8.81. The molecule has 4 unspecified atom stereocenters. The van der Waals surface area contributed by atoms with Gasteiger partial charge in [-0.3, -0.25) is 4.57 Å². The highest BCUT2D eigenvalue weighted by atomic mass is 16.8. The Hall–Kier alpha value is -4.07. The van der Waals surface area contributed by atoms with E-state index in [2.05, 4.69) is 25.4 Å². The SMILES string of the molecule is CC1(C)OC2C(COc3cc(C(=O)O)on3)OC(n3cnc4c(Nc5ccccc5)ncnc43)C2O1. The molecule has 2 saturated heterocycles. The first-order chi connectivity index (χ1) is 17.4. The third-order valence-electron chi connectivity index (χ3n) is 5.89. The minimum absolute atomic E-state index is 0.0329. The summed E-state index contributed by atoms with van der Waals surface area (Å²) in [5.41, 5.74) is 2.00. The Morgan fingerprint density at radius 1 is 1.17 bits per heavy atom. The molecule has 13 heteroatoms. The van der Waals surface area contributed by atoms with Crippen LogP contribution in [0.2, 0.25) is 0 Å². The van der Waals surface area contributed by atoms with Crippen LogP contribution >= 0.6 is 0 Å². The molecule has 0 radical (unpaired) electrons. The topological polar surface area (TPSA) is 156 Å². The van der Waals surface area contributed by atoms with Gasteiger partial charge in [-0.15, -0.1) is 0 Å². The smallest absolute Gasteiger partial charge is 0.374 e. The van der Waals surface area contributed by atoms with Crippen molar-refractivity contribution in [2.75, 3.05) is 11.9 Å². The molecule has 13 nitrogen and oxygen atoms in total. The molecule has 36 heavy (non-hydrogen) atoms. The van der Waals surface area contributed by atoms with Crippen molar-refractivity contribution in [1.29, 1.82) is 0 Å². The molecule has 6 rings (SSSR count). The predicted octanol–water partition coefficient (Wildman–Crippen LogP) is 2.75. The van der Waals surface area contributed by atoms with E-state index in [-0.39, 0.29) is 18.2 Å². The Kier molecular flexibility index (Phi) is 5.32. The number of nitrogens with one attached hydrogen (secondary N) is 1. The Morgan fingerprint density at radius 2 is 1.97 bits per heavy atom. The number of benzene rings is 1. The average molecular weight is 494 g/mol. The van der Waals surface area contributed by atoms with E-state index in [0.29, 0.717) is 17.0 Å². The lowest BCUT2D eigenvalue weighted by atomic mass is 10.1. The van der Waals surface area contributed by atoms with Gasteiger partial charge >= 0.3 is 5.97 Å². The first kappa shape index (κ1) is 22.4. The zero-order valence-corrected chi connectivity index (χ0v) is 19.3. The van der Waals surface area contributed by atoms with Crippen LogP contribution in [0.4, 0.5) is 11.5 Å². The van der Waals surface area contributed by atoms with Gasteiger partial charge in [-0.1, -0.05) is 18.2 Å². The second-order valence-corrected chi connectivity index (χ2v) is 8.81. The van der Waals surface area contributed by atoms with Gasteiger partial charge in [-0.05, 0) is 31.1 Å². The summed E-state index contributed by atoms with van der Waals surface area (Å²) < 4.78 is 30.8. The highest BCUT2D eigenvalue weighted by Crippen LogP contribution is 2.44. The van der Waals surface area contributed by atoms with Crippen LogP contribution in [0.15, 0.2) is 53.6 Å². The zero-order chi connectivity index (χ0) is 24.9. The highest BCUT2D eigenvalue weighted by Gasteiger charge is 2.56. The number of anilines is 2. The van der Waals surface area contributed by atoms with E-state index >= 15 is 0 Å². The predicted molar refractivity (Wildman–Crippen MR) is 122 cm³/mol. The quantitative estimate of drug-likeness (QED) is 0.388. The van der Waals surface area contributed by atoms with E-state index in [1.165, 1.54) is 12.4 Å². The lowest BCUT2D eigenvalue weighted by molar-refractivity contribution is -0.199. The zero-order valence-electron chi connectivity index (χ0n) is 19.3. The van der Waals surface area contributed by atoms with Crippen molar-refractivity contribution in [3.05, 3.63) is 54.8 Å². The summed E-state index contributed by atoms with van der Waals surface area (Å²) in [6, 6.07) is 10.8. The number of fused-ring (bicyclic) bond motifs is 2. The molecule has 2 N–H and O–H groups in total. The van der Waals surface area contributed by atoms with Gasteiger partial charge < -0.3 is 33.9 Å². The molecule has 4 atom stereocenters. The van der Waals surface area contributed by atoms with E-state index in [4.69, 9.17) is 28.6 Å². The fourth-order valence-electron chi connectivity index (χ4n) is 4.40. The number of aromatic nitrogens is 5. The number of carboxylic acids is 1. The molecule has 0 bridgehead atoms. The highest BCUT2D eigenvalue weighted by molar-refractivity contribution is 5.85. The van der Waals surface area contributed by atoms with Crippen LogP contribution < -0.4 is 10.1 Å². The average Bonchev–Trinajstić information content (AvgIpc) is 3.61. The van der Waals surface area contributed by atoms with Crippen molar-refractivity contribution in [3.8, 4) is 5.88 Å². The van der Waals surface area contributed by atoms with E-state index in [1.54, 1.807) is 10.9 Å². The summed E-state index contributed by atoms with van der Waals surface area (Å²) in [6.45, 7) is 3.69.